The summed E-state index contributed by atoms with van der Waals surface area (Å²) in [5.41, 5.74) is 3.72. The van der Waals surface area contributed by atoms with Gasteiger partial charge in [0.15, 0.2) is 0 Å². The van der Waals surface area contributed by atoms with E-state index in [1.165, 1.54) is 52.4 Å². The lowest BCUT2D eigenvalue weighted by Crippen LogP contribution is -1.79. The fourth-order valence-corrected chi connectivity index (χ4v) is 6.38. The Kier molecular flexibility index (Phi) is 2.54. The fourth-order valence-electron chi connectivity index (χ4n) is 4.40. The van der Waals surface area contributed by atoms with Gasteiger partial charge in [0, 0.05) is 37.8 Å². The Labute approximate surface area is 162 Å². The van der Waals surface area contributed by atoms with E-state index < -0.39 is 0 Å². The van der Waals surface area contributed by atoms with Crippen LogP contribution in [0.5, 0.6) is 0 Å². The van der Waals surface area contributed by atoms with Crippen molar-refractivity contribution in [3.05, 3.63) is 72.2 Å². The minimum absolute atomic E-state index is 1.10. The van der Waals surface area contributed by atoms with E-state index in [1.807, 2.05) is 17.5 Å². The third-order valence-electron chi connectivity index (χ3n) is 5.51. The van der Waals surface area contributed by atoms with E-state index in [-0.39, 0.29) is 0 Å². The van der Waals surface area contributed by atoms with E-state index in [1.54, 1.807) is 11.3 Å². The first-order valence-corrected chi connectivity index (χ1v) is 10.6. The fraction of sp³-hybridized carbons (Fsp3) is 0. The molecule has 0 aliphatic carbocycles. The van der Waals surface area contributed by atoms with E-state index in [9.17, 15) is 0 Å². The summed E-state index contributed by atoms with van der Waals surface area (Å²) >= 11 is 3.62. The van der Waals surface area contributed by atoms with Crippen molar-refractivity contribution in [3.63, 3.8) is 0 Å². The lowest BCUT2D eigenvalue weighted by atomic mass is 10.1. The van der Waals surface area contributed by atoms with E-state index in [0.29, 0.717) is 0 Å². The van der Waals surface area contributed by atoms with Crippen LogP contribution in [0.3, 0.4) is 0 Å². The summed E-state index contributed by atoms with van der Waals surface area (Å²) in [4.78, 5) is 7.28. The van der Waals surface area contributed by atoms with Crippen LogP contribution in [-0.4, -0.2) is 9.38 Å². The second kappa shape index (κ2) is 4.85. The van der Waals surface area contributed by atoms with Crippen LogP contribution in [0.4, 0.5) is 0 Å². The van der Waals surface area contributed by atoms with Crippen LogP contribution in [0.25, 0.3) is 58.1 Å². The van der Waals surface area contributed by atoms with Gasteiger partial charge in [-0.05, 0) is 29.6 Å². The number of hydrogen-bond donors (Lipinski definition) is 0. The number of rotatable bonds is 1. The average molecular weight is 380 g/mol. The normalized spacial score (nSPS) is 12.4. The predicted octanol–water partition coefficient (Wildman–Crippen LogP) is 7.17. The van der Waals surface area contributed by atoms with Gasteiger partial charge in [-0.3, -0.25) is 9.38 Å². The quantitative estimate of drug-likeness (QED) is 0.295. The Hall–Kier alpha value is -2.95. The first kappa shape index (κ1) is 14.2. The third kappa shape index (κ3) is 1.68. The van der Waals surface area contributed by atoms with Crippen molar-refractivity contribution in [3.8, 4) is 10.6 Å². The summed E-state index contributed by atoms with van der Waals surface area (Å²) in [5.74, 6) is 0. The number of fused-ring (bicyclic) bond motifs is 7. The second-order valence-corrected chi connectivity index (χ2v) is 8.85. The molecule has 0 atom stereocenters. The zero-order valence-electron chi connectivity index (χ0n) is 14.1. The third-order valence-corrected chi connectivity index (χ3v) is 7.52. The van der Waals surface area contributed by atoms with Gasteiger partial charge in [-0.15, -0.1) is 22.7 Å². The minimum atomic E-state index is 1.10. The van der Waals surface area contributed by atoms with Gasteiger partial charge in [-0.25, -0.2) is 0 Å². The minimum Gasteiger partial charge on any atom is -0.299 e. The molecule has 0 fully saturated rings. The van der Waals surface area contributed by atoms with Crippen molar-refractivity contribution < 1.29 is 0 Å². The molecule has 0 spiro atoms. The van der Waals surface area contributed by atoms with Crippen molar-refractivity contribution in [2.45, 2.75) is 0 Å². The zero-order valence-corrected chi connectivity index (χ0v) is 15.8. The van der Waals surface area contributed by atoms with Crippen LogP contribution in [0.2, 0.25) is 0 Å². The average Bonchev–Trinajstić information content (AvgIpc) is 3.45. The van der Waals surface area contributed by atoms with Crippen molar-refractivity contribution in [1.82, 2.24) is 9.38 Å². The SMILES string of the molecule is c1ccc2c(c1)c1cccc3c4cc(-c5nccc6sccc56)sc4n2c13. The van der Waals surface area contributed by atoms with Gasteiger partial charge in [0.1, 0.15) is 4.83 Å². The molecule has 0 aliphatic heterocycles. The highest BCUT2D eigenvalue weighted by Crippen LogP contribution is 2.45. The molecule has 126 valence electrons. The number of nitrogens with zero attached hydrogens (tertiary/aromatic N) is 2. The lowest BCUT2D eigenvalue weighted by Gasteiger charge is -1.99. The maximum atomic E-state index is 4.72. The summed E-state index contributed by atoms with van der Waals surface area (Å²) in [7, 11) is 0. The number of aromatic nitrogens is 2. The topological polar surface area (TPSA) is 17.3 Å². The molecular weight excluding hydrogens is 368 g/mol. The monoisotopic (exact) mass is 380 g/mol. The molecule has 4 heteroatoms. The number of para-hydroxylation sites is 2. The van der Waals surface area contributed by atoms with Crippen LogP contribution in [-0.2, 0) is 0 Å². The summed E-state index contributed by atoms with van der Waals surface area (Å²) in [6.07, 6.45) is 1.93. The van der Waals surface area contributed by atoms with Gasteiger partial charge in [-0.2, -0.15) is 0 Å². The van der Waals surface area contributed by atoms with Crippen molar-refractivity contribution >= 4 is 70.2 Å². The highest BCUT2D eigenvalue weighted by atomic mass is 32.1. The number of hydrogen-bond acceptors (Lipinski definition) is 3. The van der Waals surface area contributed by atoms with Gasteiger partial charge >= 0.3 is 0 Å². The first-order chi connectivity index (χ1) is 13.4. The van der Waals surface area contributed by atoms with Crippen LogP contribution >= 0.6 is 22.7 Å². The smallest absolute Gasteiger partial charge is 0.109 e. The Bertz CT molecular complexity index is 1630. The first-order valence-electron chi connectivity index (χ1n) is 8.89. The van der Waals surface area contributed by atoms with Crippen LogP contribution in [0.1, 0.15) is 0 Å². The maximum absolute atomic E-state index is 4.72. The molecule has 2 nitrogen and oxygen atoms in total. The second-order valence-electron chi connectivity index (χ2n) is 6.88. The van der Waals surface area contributed by atoms with Crippen molar-refractivity contribution in [2.75, 3.05) is 0 Å². The predicted molar refractivity (Wildman–Crippen MR) is 118 cm³/mol. The molecule has 0 unspecified atom stereocenters. The molecule has 0 radical (unpaired) electrons. The van der Waals surface area contributed by atoms with E-state index in [2.05, 4.69) is 70.4 Å². The summed E-state index contributed by atoms with van der Waals surface area (Å²) < 4.78 is 3.74. The molecule has 7 rings (SSSR count). The molecule has 0 N–H and O–H groups in total. The van der Waals surface area contributed by atoms with Crippen LogP contribution < -0.4 is 0 Å². The highest BCUT2D eigenvalue weighted by molar-refractivity contribution is 7.22. The molecule has 0 amide bonds. The number of benzene rings is 2. The van der Waals surface area contributed by atoms with Gasteiger partial charge in [0.25, 0.3) is 0 Å². The van der Waals surface area contributed by atoms with Gasteiger partial charge < -0.3 is 0 Å². The van der Waals surface area contributed by atoms with E-state index in [4.69, 9.17) is 4.98 Å². The van der Waals surface area contributed by atoms with Gasteiger partial charge in [-0.1, -0.05) is 36.4 Å². The van der Waals surface area contributed by atoms with Gasteiger partial charge in [0.2, 0.25) is 0 Å². The van der Waals surface area contributed by atoms with Crippen molar-refractivity contribution in [1.29, 1.82) is 0 Å². The Morgan fingerprint density at radius 1 is 0.778 bits per heavy atom. The molecule has 0 bridgehead atoms. The molecule has 2 aromatic carbocycles. The Morgan fingerprint density at radius 3 is 2.59 bits per heavy atom. The summed E-state index contributed by atoms with van der Waals surface area (Å²) in [5, 5.41) is 8.72. The van der Waals surface area contributed by atoms with Gasteiger partial charge in [0.05, 0.1) is 21.6 Å². The molecule has 5 heterocycles. The summed E-state index contributed by atoms with van der Waals surface area (Å²) in [6.45, 7) is 0. The highest BCUT2D eigenvalue weighted by Gasteiger charge is 2.20. The number of thiophene rings is 2. The molecule has 0 aliphatic rings. The molecule has 7 aromatic rings. The van der Waals surface area contributed by atoms with Crippen molar-refractivity contribution in [2.24, 2.45) is 0 Å². The molecular formula is C23H12N2S2. The Balaban J connectivity index is 1.68. The molecule has 5 aromatic heterocycles. The van der Waals surface area contributed by atoms with Crippen LogP contribution in [0, 0.1) is 0 Å². The Morgan fingerprint density at radius 2 is 1.63 bits per heavy atom. The summed E-state index contributed by atoms with van der Waals surface area (Å²) in [6, 6.07) is 22.0. The molecule has 27 heavy (non-hydrogen) atoms. The van der Waals surface area contributed by atoms with Crippen LogP contribution in [0.15, 0.2) is 72.2 Å². The molecule has 0 saturated heterocycles. The number of pyridine rings is 1. The maximum Gasteiger partial charge on any atom is 0.109 e. The van der Waals surface area contributed by atoms with E-state index in [0.717, 1.165) is 5.69 Å². The zero-order chi connectivity index (χ0) is 17.5. The standard InChI is InChI=1S/C23H12N2S2/c1-2-7-18-13(4-1)14-5-3-6-15-17-12-20(27-23(17)25(18)22(14)15)21-16-9-11-26-19(16)8-10-24-21/h1-12H. The van der Waals surface area contributed by atoms with E-state index >= 15 is 0 Å². The lowest BCUT2D eigenvalue weighted by molar-refractivity contribution is 1.38. The largest absolute Gasteiger partial charge is 0.299 e. The molecule has 0 saturated carbocycles.